The van der Waals surface area contributed by atoms with Gasteiger partial charge in [0, 0.05) is 37.0 Å². The molecular weight excluding hydrogens is 425 g/mol. The van der Waals surface area contributed by atoms with Gasteiger partial charge in [-0.05, 0) is 34.9 Å². The first kappa shape index (κ1) is 22.9. The van der Waals surface area contributed by atoms with Crippen molar-refractivity contribution in [3.8, 4) is 0 Å². The van der Waals surface area contributed by atoms with Crippen LogP contribution in [-0.2, 0) is 23.3 Å². The van der Waals surface area contributed by atoms with E-state index in [2.05, 4.69) is 17.0 Å². The highest BCUT2D eigenvalue weighted by molar-refractivity contribution is 6.31. The van der Waals surface area contributed by atoms with E-state index in [1.165, 1.54) is 17.7 Å². The molecule has 168 valence electrons. The smallest absolute Gasteiger partial charge is 0.123 e. The third kappa shape index (κ3) is 5.21. The summed E-state index contributed by atoms with van der Waals surface area (Å²) in [7, 11) is 0. The summed E-state index contributed by atoms with van der Waals surface area (Å²) in [4.78, 5) is 2.35. The number of halogens is 2. The summed E-state index contributed by atoms with van der Waals surface area (Å²) < 4.78 is 20.3. The van der Waals surface area contributed by atoms with Gasteiger partial charge in [-0.25, -0.2) is 4.39 Å². The van der Waals surface area contributed by atoms with Gasteiger partial charge in [0.2, 0.25) is 0 Å². The summed E-state index contributed by atoms with van der Waals surface area (Å²) >= 11 is 6.43. The van der Waals surface area contributed by atoms with Crippen LogP contribution >= 0.6 is 11.6 Å². The van der Waals surface area contributed by atoms with Crippen molar-refractivity contribution in [2.45, 2.75) is 31.6 Å². The zero-order valence-electron chi connectivity index (χ0n) is 18.3. The molecule has 1 aliphatic rings. The van der Waals surface area contributed by atoms with Gasteiger partial charge in [0.05, 0.1) is 18.3 Å². The Morgan fingerprint density at radius 1 is 1.09 bits per heavy atom. The Bertz CT molecular complexity index is 1030. The second kappa shape index (κ2) is 10.1. The number of hydrogen-bond donors (Lipinski definition) is 1. The van der Waals surface area contributed by atoms with E-state index in [0.29, 0.717) is 23.7 Å². The van der Waals surface area contributed by atoms with Crippen molar-refractivity contribution in [3.05, 3.63) is 106 Å². The van der Waals surface area contributed by atoms with E-state index in [1.54, 1.807) is 12.1 Å². The molecule has 4 rings (SSSR count). The summed E-state index contributed by atoms with van der Waals surface area (Å²) in [6.45, 7) is 4.93. The van der Waals surface area contributed by atoms with Gasteiger partial charge < -0.3 is 9.84 Å². The lowest BCUT2D eigenvalue weighted by atomic mass is 9.75. The molecule has 1 heterocycles. The molecule has 0 aromatic heterocycles. The highest BCUT2D eigenvalue weighted by Gasteiger charge is 2.42. The van der Waals surface area contributed by atoms with E-state index in [0.717, 1.165) is 18.7 Å². The van der Waals surface area contributed by atoms with Crippen molar-refractivity contribution < 1.29 is 14.2 Å². The van der Waals surface area contributed by atoms with E-state index >= 15 is 0 Å². The second-order valence-electron chi connectivity index (χ2n) is 8.62. The zero-order chi connectivity index (χ0) is 22.6. The van der Waals surface area contributed by atoms with Crippen LogP contribution in [0.15, 0.2) is 78.9 Å². The fourth-order valence-corrected chi connectivity index (χ4v) is 4.75. The lowest BCUT2D eigenvalue weighted by molar-refractivity contribution is -0.124. The number of nitrogens with zero attached hydrogens (tertiary/aromatic N) is 1. The minimum Gasteiger partial charge on any atom is -0.384 e. The SMILES string of the molecule is CC(C1CN(Cc2ccccc2)CCO1)C(O)(Cc1ccccc1Cl)c1cccc(F)c1. The van der Waals surface area contributed by atoms with Crippen LogP contribution in [0, 0.1) is 11.7 Å². The summed E-state index contributed by atoms with van der Waals surface area (Å²) in [5.41, 5.74) is 1.27. The molecule has 3 atom stereocenters. The molecule has 0 saturated carbocycles. The molecule has 3 aromatic carbocycles. The number of ether oxygens (including phenoxy) is 1. The molecule has 1 fully saturated rings. The van der Waals surface area contributed by atoms with Gasteiger partial charge in [0.15, 0.2) is 0 Å². The van der Waals surface area contributed by atoms with E-state index < -0.39 is 5.60 Å². The molecule has 1 N–H and O–H groups in total. The predicted molar refractivity (Wildman–Crippen MR) is 126 cm³/mol. The number of benzene rings is 3. The Balaban J connectivity index is 1.60. The fourth-order valence-electron chi connectivity index (χ4n) is 4.54. The van der Waals surface area contributed by atoms with Crippen molar-refractivity contribution in [1.82, 2.24) is 4.90 Å². The van der Waals surface area contributed by atoms with E-state index in [1.807, 2.05) is 49.4 Å². The van der Waals surface area contributed by atoms with Gasteiger partial charge in [-0.2, -0.15) is 0 Å². The van der Waals surface area contributed by atoms with Crippen LogP contribution in [-0.4, -0.2) is 35.8 Å². The second-order valence-corrected chi connectivity index (χ2v) is 9.03. The molecule has 0 spiro atoms. The molecule has 0 amide bonds. The van der Waals surface area contributed by atoms with E-state index in [-0.39, 0.29) is 24.3 Å². The number of morpholine rings is 1. The third-order valence-electron chi connectivity index (χ3n) is 6.48. The normalized spacial score (nSPS) is 19.9. The Labute approximate surface area is 194 Å². The number of rotatable bonds is 7. The quantitative estimate of drug-likeness (QED) is 0.516. The van der Waals surface area contributed by atoms with Crippen molar-refractivity contribution in [2.24, 2.45) is 5.92 Å². The van der Waals surface area contributed by atoms with Gasteiger partial charge in [0.25, 0.3) is 0 Å². The first-order valence-electron chi connectivity index (χ1n) is 11.1. The Kier molecular flexibility index (Phi) is 7.27. The maximum Gasteiger partial charge on any atom is 0.123 e. The molecule has 32 heavy (non-hydrogen) atoms. The standard InChI is InChI=1S/C27H29ClFNO2/c1-20(26-19-30(14-15-32-26)18-21-8-3-2-4-9-21)27(31,23-11-7-12-24(29)16-23)17-22-10-5-6-13-25(22)28/h2-13,16,20,26,31H,14-15,17-19H2,1H3. The molecule has 1 aliphatic heterocycles. The van der Waals surface area contributed by atoms with Crippen LogP contribution in [0.25, 0.3) is 0 Å². The zero-order valence-corrected chi connectivity index (χ0v) is 19.0. The Hall–Kier alpha value is -2.24. The largest absolute Gasteiger partial charge is 0.384 e. The lowest BCUT2D eigenvalue weighted by Gasteiger charge is -2.43. The third-order valence-corrected chi connectivity index (χ3v) is 6.85. The van der Waals surface area contributed by atoms with Gasteiger partial charge in [-0.15, -0.1) is 0 Å². The lowest BCUT2D eigenvalue weighted by Crippen LogP contribution is -2.51. The van der Waals surface area contributed by atoms with Crippen LogP contribution in [0.4, 0.5) is 4.39 Å². The molecule has 5 heteroatoms. The Morgan fingerprint density at radius 2 is 1.84 bits per heavy atom. The van der Waals surface area contributed by atoms with Gasteiger partial charge in [-0.1, -0.05) is 79.2 Å². The first-order chi connectivity index (χ1) is 15.5. The van der Waals surface area contributed by atoms with E-state index in [9.17, 15) is 9.50 Å². The van der Waals surface area contributed by atoms with Gasteiger partial charge in [-0.3, -0.25) is 4.90 Å². The Morgan fingerprint density at radius 3 is 2.59 bits per heavy atom. The highest BCUT2D eigenvalue weighted by Crippen LogP contribution is 2.39. The monoisotopic (exact) mass is 453 g/mol. The van der Waals surface area contributed by atoms with Crippen LogP contribution in [0.2, 0.25) is 5.02 Å². The van der Waals surface area contributed by atoms with Crippen molar-refractivity contribution in [1.29, 1.82) is 0 Å². The number of hydrogen-bond acceptors (Lipinski definition) is 3. The molecule has 0 aliphatic carbocycles. The van der Waals surface area contributed by atoms with Crippen LogP contribution in [0.3, 0.4) is 0 Å². The average Bonchev–Trinajstić information content (AvgIpc) is 2.81. The molecule has 3 unspecified atom stereocenters. The average molecular weight is 454 g/mol. The maximum atomic E-state index is 14.1. The first-order valence-corrected chi connectivity index (χ1v) is 11.4. The minimum atomic E-state index is -1.34. The molecule has 1 saturated heterocycles. The molecule has 0 bridgehead atoms. The van der Waals surface area contributed by atoms with E-state index in [4.69, 9.17) is 16.3 Å². The fraction of sp³-hybridized carbons (Fsp3) is 0.333. The minimum absolute atomic E-state index is 0.205. The summed E-state index contributed by atoms with van der Waals surface area (Å²) in [5.74, 6) is -0.665. The van der Waals surface area contributed by atoms with Gasteiger partial charge >= 0.3 is 0 Å². The topological polar surface area (TPSA) is 32.7 Å². The van der Waals surface area contributed by atoms with Gasteiger partial charge in [0.1, 0.15) is 5.82 Å². The van der Waals surface area contributed by atoms with Crippen molar-refractivity contribution in [3.63, 3.8) is 0 Å². The summed E-state index contributed by atoms with van der Waals surface area (Å²) in [6, 6.07) is 24.0. The van der Waals surface area contributed by atoms with Crippen LogP contribution in [0.5, 0.6) is 0 Å². The summed E-state index contributed by atoms with van der Waals surface area (Å²) in [6.07, 6.45) is 0.0683. The highest BCUT2D eigenvalue weighted by atomic mass is 35.5. The summed E-state index contributed by atoms with van der Waals surface area (Å²) in [5, 5.41) is 12.6. The molecule has 3 aromatic rings. The van der Waals surface area contributed by atoms with Crippen LogP contribution < -0.4 is 0 Å². The predicted octanol–water partition coefficient (Wildman–Crippen LogP) is 5.45. The van der Waals surface area contributed by atoms with Crippen molar-refractivity contribution in [2.75, 3.05) is 19.7 Å². The van der Waals surface area contributed by atoms with Crippen LogP contribution in [0.1, 0.15) is 23.6 Å². The molecule has 0 radical (unpaired) electrons. The van der Waals surface area contributed by atoms with Crippen molar-refractivity contribution >= 4 is 11.6 Å². The maximum absolute atomic E-state index is 14.1. The number of aliphatic hydroxyl groups is 1. The molecule has 3 nitrogen and oxygen atoms in total. The molecular formula is C27H29ClFNO2.